The Labute approximate surface area is 118 Å². The van der Waals surface area contributed by atoms with Crippen LogP contribution in [0.25, 0.3) is 0 Å². The summed E-state index contributed by atoms with van der Waals surface area (Å²) in [6, 6.07) is 6.70. The van der Waals surface area contributed by atoms with Gasteiger partial charge in [-0.1, -0.05) is 0 Å². The molecule has 1 aromatic heterocycles. The van der Waals surface area contributed by atoms with E-state index in [4.69, 9.17) is 0 Å². The number of hydrogen-bond donors (Lipinski definition) is 2. The fourth-order valence-corrected chi connectivity index (χ4v) is 2.54. The Kier molecular flexibility index (Phi) is 4.04. The first-order chi connectivity index (χ1) is 8.58. The van der Waals surface area contributed by atoms with Crippen LogP contribution in [-0.4, -0.2) is 11.0 Å². The zero-order chi connectivity index (χ0) is 13.1. The van der Waals surface area contributed by atoms with Gasteiger partial charge in [-0.2, -0.15) is 11.3 Å². The Balaban J connectivity index is 2.10. The average molecular weight is 326 g/mol. The monoisotopic (exact) mass is 325 g/mol. The van der Waals surface area contributed by atoms with Crippen LogP contribution in [0.1, 0.15) is 28.9 Å². The molecule has 0 saturated carbocycles. The predicted octanol–water partition coefficient (Wildman–Crippen LogP) is 3.71. The lowest BCUT2D eigenvalue weighted by Gasteiger charge is -2.12. The van der Waals surface area contributed by atoms with Crippen molar-refractivity contribution in [3.63, 3.8) is 0 Å². The molecule has 0 aliphatic carbocycles. The van der Waals surface area contributed by atoms with Crippen LogP contribution < -0.4 is 5.32 Å². The third-order valence-corrected chi connectivity index (χ3v) is 3.97. The molecule has 0 radical (unpaired) electrons. The van der Waals surface area contributed by atoms with Crippen molar-refractivity contribution in [2.45, 2.75) is 13.0 Å². The lowest BCUT2D eigenvalue weighted by atomic mass is 10.1. The molecule has 1 aromatic carbocycles. The van der Waals surface area contributed by atoms with Gasteiger partial charge in [-0.25, -0.2) is 0 Å². The van der Waals surface area contributed by atoms with Gasteiger partial charge in [0.1, 0.15) is 5.75 Å². The molecule has 1 unspecified atom stereocenters. The maximum atomic E-state index is 12.0. The first-order valence-corrected chi connectivity index (χ1v) is 7.13. The number of carbonyl (C=O) groups excluding carboxylic acids is 1. The lowest BCUT2D eigenvalue weighted by Crippen LogP contribution is -2.26. The maximum Gasteiger partial charge on any atom is 0.251 e. The molecule has 5 heteroatoms. The van der Waals surface area contributed by atoms with Gasteiger partial charge in [0, 0.05) is 5.56 Å². The summed E-state index contributed by atoms with van der Waals surface area (Å²) in [5, 5.41) is 16.4. The number of rotatable bonds is 3. The molecule has 0 aliphatic rings. The number of halogens is 1. The van der Waals surface area contributed by atoms with Crippen molar-refractivity contribution in [3.8, 4) is 5.75 Å². The summed E-state index contributed by atoms with van der Waals surface area (Å²) in [5.74, 6) is -0.137. The van der Waals surface area contributed by atoms with E-state index in [0.29, 0.717) is 10.0 Å². The van der Waals surface area contributed by atoms with Crippen molar-refractivity contribution < 1.29 is 9.90 Å². The Hall–Kier alpha value is -1.33. The zero-order valence-corrected chi connectivity index (χ0v) is 12.1. The standard InChI is InChI=1S/C13H12BrNO2S/c1-8(10-4-5-18-7-10)15-13(17)9-2-3-11(14)12(16)6-9/h2-8,16H,1H3,(H,15,17). The highest BCUT2D eigenvalue weighted by molar-refractivity contribution is 9.10. The molecule has 94 valence electrons. The van der Waals surface area contributed by atoms with Gasteiger partial charge in [-0.05, 0) is 63.4 Å². The number of phenols is 1. The van der Waals surface area contributed by atoms with E-state index in [1.165, 1.54) is 6.07 Å². The minimum atomic E-state index is -0.198. The second-order valence-corrected chi connectivity index (χ2v) is 5.55. The molecule has 0 bridgehead atoms. The van der Waals surface area contributed by atoms with Gasteiger partial charge in [0.05, 0.1) is 10.5 Å². The molecule has 18 heavy (non-hydrogen) atoms. The number of carbonyl (C=O) groups is 1. The van der Waals surface area contributed by atoms with E-state index in [1.54, 1.807) is 23.5 Å². The Morgan fingerprint density at radius 2 is 2.22 bits per heavy atom. The van der Waals surface area contributed by atoms with Crippen LogP contribution in [0.5, 0.6) is 5.75 Å². The molecule has 1 amide bonds. The molecule has 0 saturated heterocycles. The van der Waals surface area contributed by atoms with Crippen LogP contribution in [0.4, 0.5) is 0 Å². The van der Waals surface area contributed by atoms with Gasteiger partial charge in [-0.3, -0.25) is 4.79 Å². The Morgan fingerprint density at radius 3 is 2.83 bits per heavy atom. The molecular formula is C13H12BrNO2S. The molecule has 0 fully saturated rings. The topological polar surface area (TPSA) is 49.3 Å². The van der Waals surface area contributed by atoms with Crippen molar-refractivity contribution in [1.82, 2.24) is 5.32 Å². The minimum Gasteiger partial charge on any atom is -0.507 e. The van der Waals surface area contributed by atoms with Gasteiger partial charge in [0.25, 0.3) is 5.91 Å². The Morgan fingerprint density at radius 1 is 1.44 bits per heavy atom. The van der Waals surface area contributed by atoms with E-state index in [1.807, 2.05) is 23.8 Å². The van der Waals surface area contributed by atoms with E-state index >= 15 is 0 Å². The zero-order valence-electron chi connectivity index (χ0n) is 9.68. The summed E-state index contributed by atoms with van der Waals surface area (Å²) < 4.78 is 0.574. The van der Waals surface area contributed by atoms with E-state index in [9.17, 15) is 9.90 Å². The summed E-state index contributed by atoms with van der Waals surface area (Å²) in [5.41, 5.74) is 1.52. The van der Waals surface area contributed by atoms with E-state index < -0.39 is 0 Å². The summed E-state index contributed by atoms with van der Waals surface area (Å²) >= 11 is 4.78. The average Bonchev–Trinajstić information content (AvgIpc) is 2.86. The van der Waals surface area contributed by atoms with Gasteiger partial charge in [0.2, 0.25) is 0 Å². The van der Waals surface area contributed by atoms with Gasteiger partial charge in [-0.15, -0.1) is 0 Å². The quantitative estimate of drug-likeness (QED) is 0.903. The maximum absolute atomic E-state index is 12.0. The first-order valence-electron chi connectivity index (χ1n) is 5.39. The number of amides is 1. The van der Waals surface area contributed by atoms with Gasteiger partial charge in [0.15, 0.2) is 0 Å². The fraction of sp³-hybridized carbons (Fsp3) is 0.154. The summed E-state index contributed by atoms with van der Waals surface area (Å²) in [7, 11) is 0. The molecule has 1 atom stereocenters. The van der Waals surface area contributed by atoms with Gasteiger partial charge >= 0.3 is 0 Å². The molecule has 0 spiro atoms. The fourth-order valence-electron chi connectivity index (χ4n) is 1.54. The predicted molar refractivity (Wildman–Crippen MR) is 76.0 cm³/mol. The van der Waals surface area contributed by atoms with Crippen LogP contribution in [0, 0.1) is 0 Å². The van der Waals surface area contributed by atoms with Crippen molar-refractivity contribution in [2.75, 3.05) is 0 Å². The second-order valence-electron chi connectivity index (χ2n) is 3.92. The molecular weight excluding hydrogens is 314 g/mol. The SMILES string of the molecule is CC(NC(=O)c1ccc(Br)c(O)c1)c1ccsc1. The van der Waals surface area contributed by atoms with Gasteiger partial charge < -0.3 is 10.4 Å². The molecule has 2 N–H and O–H groups in total. The smallest absolute Gasteiger partial charge is 0.251 e. The molecule has 2 rings (SSSR count). The number of benzene rings is 1. The number of thiophene rings is 1. The summed E-state index contributed by atoms with van der Waals surface area (Å²) in [6.07, 6.45) is 0. The number of nitrogens with one attached hydrogen (secondary N) is 1. The molecule has 3 nitrogen and oxygen atoms in total. The third-order valence-electron chi connectivity index (χ3n) is 2.60. The normalized spacial score (nSPS) is 12.1. The Bertz CT molecular complexity index is 554. The highest BCUT2D eigenvalue weighted by Crippen LogP contribution is 2.24. The van der Waals surface area contributed by atoms with E-state index in [0.717, 1.165) is 5.56 Å². The third kappa shape index (κ3) is 2.91. The van der Waals surface area contributed by atoms with Crippen LogP contribution in [0.3, 0.4) is 0 Å². The van der Waals surface area contributed by atoms with Crippen LogP contribution in [-0.2, 0) is 0 Å². The van der Waals surface area contributed by atoms with Crippen LogP contribution >= 0.6 is 27.3 Å². The highest BCUT2D eigenvalue weighted by Gasteiger charge is 2.12. The molecule has 0 aliphatic heterocycles. The van der Waals surface area contributed by atoms with Crippen LogP contribution in [0.15, 0.2) is 39.5 Å². The van der Waals surface area contributed by atoms with E-state index in [2.05, 4.69) is 21.2 Å². The number of aromatic hydroxyl groups is 1. The second kappa shape index (κ2) is 5.54. The van der Waals surface area contributed by atoms with Crippen molar-refractivity contribution in [3.05, 3.63) is 50.6 Å². The summed E-state index contributed by atoms with van der Waals surface area (Å²) in [6.45, 7) is 1.93. The van der Waals surface area contributed by atoms with Crippen LogP contribution in [0.2, 0.25) is 0 Å². The number of hydrogen-bond acceptors (Lipinski definition) is 3. The molecule has 2 aromatic rings. The lowest BCUT2D eigenvalue weighted by molar-refractivity contribution is 0.0939. The largest absolute Gasteiger partial charge is 0.507 e. The number of phenolic OH excluding ortho intramolecular Hbond substituents is 1. The summed E-state index contributed by atoms with van der Waals surface area (Å²) in [4.78, 5) is 12.0. The van der Waals surface area contributed by atoms with Crippen molar-refractivity contribution in [1.29, 1.82) is 0 Å². The van der Waals surface area contributed by atoms with Crippen molar-refractivity contribution in [2.24, 2.45) is 0 Å². The van der Waals surface area contributed by atoms with E-state index in [-0.39, 0.29) is 17.7 Å². The molecule has 1 heterocycles. The minimum absolute atomic E-state index is 0.0467. The highest BCUT2D eigenvalue weighted by atomic mass is 79.9. The van der Waals surface area contributed by atoms with Crippen molar-refractivity contribution >= 4 is 33.2 Å². The first kappa shape index (κ1) is 13.1.